The average Bonchev–Trinajstić information content (AvgIpc) is 3.44. The minimum absolute atomic E-state index is 0.232. The number of epoxide rings is 2. The van der Waals surface area contributed by atoms with Crippen LogP contribution in [0.5, 0.6) is 0 Å². The van der Waals surface area contributed by atoms with E-state index in [0.717, 1.165) is 31.0 Å². The van der Waals surface area contributed by atoms with Crippen LogP contribution in [0.25, 0.3) is 0 Å². The number of nitrogen functional groups attached to an aromatic ring is 1. The highest BCUT2D eigenvalue weighted by molar-refractivity contribution is 5.54. The van der Waals surface area contributed by atoms with Gasteiger partial charge < -0.3 is 20.1 Å². The first-order chi connectivity index (χ1) is 11.0. The summed E-state index contributed by atoms with van der Waals surface area (Å²) in [5.41, 5.74) is 9.76. The summed E-state index contributed by atoms with van der Waals surface area (Å²) in [6.07, 6.45) is 0.905. The minimum atomic E-state index is -0.232. The number of nitrogens with zero attached hydrogens (tertiary/aromatic N) is 1. The quantitative estimate of drug-likeness (QED) is 0.681. The van der Waals surface area contributed by atoms with Gasteiger partial charge in [0, 0.05) is 11.4 Å². The van der Waals surface area contributed by atoms with Gasteiger partial charge in [0.15, 0.2) is 11.4 Å². The van der Waals surface area contributed by atoms with Crippen LogP contribution in [-0.4, -0.2) is 24.7 Å². The lowest BCUT2D eigenvalue weighted by Gasteiger charge is -2.32. The van der Waals surface area contributed by atoms with Gasteiger partial charge in [-0.15, -0.1) is 0 Å². The van der Waals surface area contributed by atoms with Gasteiger partial charge in [0.05, 0.1) is 13.2 Å². The number of rotatable bonds is 5. The summed E-state index contributed by atoms with van der Waals surface area (Å²) in [7, 11) is 0. The first-order valence-corrected chi connectivity index (χ1v) is 8.00. The molecule has 2 aliphatic heterocycles. The van der Waals surface area contributed by atoms with Gasteiger partial charge in [-0.1, -0.05) is 24.3 Å². The molecule has 4 nitrogen and oxygen atoms in total. The molecular formula is C19H22N2O2. The number of hydrogen-bond donors (Lipinski definition) is 1. The highest BCUT2D eigenvalue weighted by Crippen LogP contribution is 2.46. The van der Waals surface area contributed by atoms with Gasteiger partial charge in [-0.2, -0.15) is 0 Å². The Morgan fingerprint density at radius 3 is 1.74 bits per heavy atom. The normalized spacial score (nSPS) is 28.4. The number of hydrogen-bond acceptors (Lipinski definition) is 4. The molecule has 2 aliphatic rings. The minimum Gasteiger partial charge on any atom is -0.399 e. The zero-order valence-electron chi connectivity index (χ0n) is 13.6. The molecule has 4 heteroatoms. The third-order valence-electron chi connectivity index (χ3n) is 4.65. The lowest BCUT2D eigenvalue weighted by atomic mass is 10.0. The Hall–Kier alpha value is -2.04. The van der Waals surface area contributed by atoms with Crippen molar-refractivity contribution in [3.8, 4) is 0 Å². The van der Waals surface area contributed by atoms with Gasteiger partial charge in [0.25, 0.3) is 0 Å². The van der Waals surface area contributed by atoms with E-state index in [2.05, 4.69) is 55.1 Å². The van der Waals surface area contributed by atoms with E-state index in [1.165, 1.54) is 11.1 Å². The topological polar surface area (TPSA) is 54.3 Å². The molecule has 2 N–H and O–H groups in total. The van der Waals surface area contributed by atoms with E-state index in [4.69, 9.17) is 15.2 Å². The molecule has 2 heterocycles. The van der Waals surface area contributed by atoms with Crippen molar-refractivity contribution in [1.29, 1.82) is 0 Å². The first-order valence-electron chi connectivity index (χ1n) is 8.00. The first kappa shape index (κ1) is 14.5. The standard InChI is InChI=1S/C19H22N2O2/c1-18(12-22-18)21(19(2)13-23-19)17-9-5-15(6-10-17)11-14-3-7-16(20)8-4-14/h3-10H,11-13,20H2,1-2H3. The van der Waals surface area contributed by atoms with Crippen LogP contribution >= 0.6 is 0 Å². The van der Waals surface area contributed by atoms with Crippen LogP contribution in [0, 0.1) is 0 Å². The van der Waals surface area contributed by atoms with Gasteiger partial charge in [-0.25, -0.2) is 0 Å². The van der Waals surface area contributed by atoms with Crippen molar-refractivity contribution in [2.24, 2.45) is 0 Å². The molecular weight excluding hydrogens is 288 g/mol. The number of nitrogens with two attached hydrogens (primary N) is 1. The predicted molar refractivity (Wildman–Crippen MR) is 91.3 cm³/mol. The summed E-state index contributed by atoms with van der Waals surface area (Å²) in [6.45, 7) is 5.72. The largest absolute Gasteiger partial charge is 0.399 e. The van der Waals surface area contributed by atoms with Crippen LogP contribution in [-0.2, 0) is 15.9 Å². The predicted octanol–water partition coefficient (Wildman–Crippen LogP) is 3.16. The molecule has 2 aromatic rings. The van der Waals surface area contributed by atoms with E-state index in [1.807, 2.05) is 12.1 Å². The lowest BCUT2D eigenvalue weighted by Crippen LogP contribution is -2.46. The van der Waals surface area contributed by atoms with E-state index < -0.39 is 0 Å². The molecule has 0 saturated carbocycles. The van der Waals surface area contributed by atoms with E-state index in [0.29, 0.717) is 0 Å². The molecule has 0 aliphatic carbocycles. The number of anilines is 2. The van der Waals surface area contributed by atoms with Crippen LogP contribution in [0.4, 0.5) is 11.4 Å². The maximum absolute atomic E-state index is 5.74. The molecule has 2 saturated heterocycles. The summed E-state index contributed by atoms with van der Waals surface area (Å²) in [5, 5.41) is 0. The van der Waals surface area contributed by atoms with Gasteiger partial charge in [-0.05, 0) is 55.7 Å². The smallest absolute Gasteiger partial charge is 0.164 e. The van der Waals surface area contributed by atoms with Crippen LogP contribution in [0.3, 0.4) is 0 Å². The van der Waals surface area contributed by atoms with Crippen LogP contribution < -0.4 is 10.6 Å². The third kappa shape index (κ3) is 2.80. The third-order valence-corrected chi connectivity index (χ3v) is 4.65. The maximum atomic E-state index is 5.74. The maximum Gasteiger partial charge on any atom is 0.164 e. The zero-order chi connectivity index (χ0) is 16.1. The van der Waals surface area contributed by atoms with E-state index in [-0.39, 0.29) is 11.4 Å². The highest BCUT2D eigenvalue weighted by Gasteiger charge is 2.58. The fourth-order valence-corrected chi connectivity index (χ4v) is 3.15. The Balaban J connectivity index is 1.54. The van der Waals surface area contributed by atoms with Gasteiger partial charge in [-0.3, -0.25) is 0 Å². The van der Waals surface area contributed by atoms with E-state index in [1.54, 1.807) is 0 Å². The van der Waals surface area contributed by atoms with Crippen LogP contribution in [0.1, 0.15) is 25.0 Å². The second kappa shape index (κ2) is 4.98. The molecule has 0 bridgehead atoms. The lowest BCUT2D eigenvalue weighted by molar-refractivity contribution is 0.231. The SMILES string of the molecule is CC1(N(c2ccc(Cc3ccc(N)cc3)cc2)C2(C)CO2)CO1. The van der Waals surface area contributed by atoms with Crippen molar-refractivity contribution in [3.05, 3.63) is 59.7 Å². The summed E-state index contributed by atoms with van der Waals surface area (Å²) in [5.74, 6) is 0. The van der Waals surface area contributed by atoms with Crippen LogP contribution in [0.15, 0.2) is 48.5 Å². The molecule has 2 atom stereocenters. The second-order valence-electron chi connectivity index (χ2n) is 6.85. The monoisotopic (exact) mass is 310 g/mol. The fourth-order valence-electron chi connectivity index (χ4n) is 3.15. The van der Waals surface area contributed by atoms with E-state index in [9.17, 15) is 0 Å². The molecule has 0 aromatic heterocycles. The molecule has 4 rings (SSSR count). The fraction of sp³-hybridized carbons (Fsp3) is 0.368. The van der Waals surface area contributed by atoms with E-state index >= 15 is 0 Å². The summed E-state index contributed by atoms with van der Waals surface area (Å²) < 4.78 is 11.3. The van der Waals surface area contributed by atoms with Crippen molar-refractivity contribution in [3.63, 3.8) is 0 Å². The number of ether oxygens (including phenoxy) is 2. The average molecular weight is 310 g/mol. The molecule has 0 amide bonds. The molecule has 2 fully saturated rings. The number of benzene rings is 2. The molecule has 23 heavy (non-hydrogen) atoms. The van der Waals surface area contributed by atoms with Crippen molar-refractivity contribution in [1.82, 2.24) is 0 Å². The van der Waals surface area contributed by atoms with Gasteiger partial charge >= 0.3 is 0 Å². The molecule has 0 radical (unpaired) electrons. The van der Waals surface area contributed by atoms with Crippen molar-refractivity contribution < 1.29 is 9.47 Å². The second-order valence-corrected chi connectivity index (χ2v) is 6.85. The molecule has 2 aromatic carbocycles. The van der Waals surface area contributed by atoms with Gasteiger partial charge in [0.2, 0.25) is 0 Å². The van der Waals surface area contributed by atoms with Crippen molar-refractivity contribution >= 4 is 11.4 Å². The summed E-state index contributed by atoms with van der Waals surface area (Å²) in [6, 6.07) is 16.7. The molecule has 2 unspecified atom stereocenters. The Kier molecular flexibility index (Phi) is 3.15. The Morgan fingerprint density at radius 2 is 1.30 bits per heavy atom. The van der Waals surface area contributed by atoms with Gasteiger partial charge in [0.1, 0.15) is 0 Å². The van der Waals surface area contributed by atoms with Crippen molar-refractivity contribution in [2.75, 3.05) is 23.8 Å². The zero-order valence-corrected chi connectivity index (χ0v) is 13.6. The highest BCUT2D eigenvalue weighted by atomic mass is 16.7. The Bertz CT molecular complexity index is 683. The molecule has 120 valence electrons. The summed E-state index contributed by atoms with van der Waals surface area (Å²) in [4.78, 5) is 2.26. The Morgan fingerprint density at radius 1 is 0.870 bits per heavy atom. The van der Waals surface area contributed by atoms with Crippen LogP contribution in [0.2, 0.25) is 0 Å². The Labute approximate surface area is 136 Å². The molecule has 0 spiro atoms. The summed E-state index contributed by atoms with van der Waals surface area (Å²) >= 11 is 0. The van der Waals surface area contributed by atoms with Crippen molar-refractivity contribution in [2.45, 2.75) is 31.7 Å².